The number of hydrogen-bond donors (Lipinski definition) is 0. The summed E-state index contributed by atoms with van der Waals surface area (Å²) in [4.78, 5) is 24.7. The van der Waals surface area contributed by atoms with Crippen molar-refractivity contribution in [2.24, 2.45) is 0 Å². The average molecular weight is 396 g/mol. The fourth-order valence-electron chi connectivity index (χ4n) is 3.11. The molecule has 0 aliphatic rings. The van der Waals surface area contributed by atoms with Gasteiger partial charge in [0.25, 0.3) is 0 Å². The van der Waals surface area contributed by atoms with Gasteiger partial charge in [-0.1, -0.05) is 72.8 Å². The first kappa shape index (κ1) is 19.4. The van der Waals surface area contributed by atoms with Gasteiger partial charge in [-0.3, -0.25) is 0 Å². The Hall–Kier alpha value is -3.92. The molecule has 0 spiro atoms. The van der Waals surface area contributed by atoms with Crippen LogP contribution >= 0.6 is 0 Å². The molecule has 0 bridgehead atoms. The van der Waals surface area contributed by atoms with Crippen LogP contribution in [0.1, 0.15) is 31.8 Å². The quantitative estimate of drug-likeness (QED) is 0.401. The second kappa shape index (κ2) is 9.05. The average Bonchev–Trinajstić information content (AvgIpc) is 2.81. The Bertz CT molecular complexity index is 1070. The molecule has 0 amide bonds. The Morgan fingerprint density at radius 1 is 0.533 bits per heavy atom. The molecule has 0 fully saturated rings. The van der Waals surface area contributed by atoms with E-state index in [1.165, 1.54) is 0 Å². The zero-order valence-corrected chi connectivity index (χ0v) is 16.3. The summed E-state index contributed by atoms with van der Waals surface area (Å²) in [5.74, 6) is -0.765. The molecule has 0 radical (unpaired) electrons. The fraction of sp³-hybridized carbons (Fsp3) is 0.0769. The van der Waals surface area contributed by atoms with E-state index in [4.69, 9.17) is 9.47 Å². The van der Waals surface area contributed by atoms with Crippen molar-refractivity contribution in [2.45, 2.75) is 13.2 Å². The monoisotopic (exact) mass is 396 g/mol. The molecule has 4 rings (SSSR count). The van der Waals surface area contributed by atoms with Gasteiger partial charge >= 0.3 is 11.9 Å². The molecule has 0 aromatic heterocycles. The fourth-order valence-corrected chi connectivity index (χ4v) is 3.11. The first-order chi connectivity index (χ1) is 14.7. The number of hydrogen-bond acceptors (Lipinski definition) is 4. The number of carbonyl (C=O) groups excluding carboxylic acids is 2. The molecular formula is C26H20O4. The van der Waals surface area contributed by atoms with Crippen LogP contribution in [0, 0.1) is 0 Å². The van der Waals surface area contributed by atoms with Gasteiger partial charge in [-0.05, 0) is 46.2 Å². The van der Waals surface area contributed by atoms with Crippen LogP contribution in [0.2, 0.25) is 0 Å². The maximum Gasteiger partial charge on any atom is 0.338 e. The van der Waals surface area contributed by atoms with Crippen LogP contribution in [-0.2, 0) is 22.7 Å². The Morgan fingerprint density at radius 2 is 0.933 bits per heavy atom. The van der Waals surface area contributed by atoms with Crippen molar-refractivity contribution in [3.05, 3.63) is 119 Å². The molecular weight excluding hydrogens is 376 g/mol. The van der Waals surface area contributed by atoms with E-state index in [2.05, 4.69) is 0 Å². The summed E-state index contributed by atoms with van der Waals surface area (Å²) in [6.45, 7) is 0.452. The van der Waals surface area contributed by atoms with Crippen molar-refractivity contribution in [3.63, 3.8) is 0 Å². The zero-order valence-electron chi connectivity index (χ0n) is 16.3. The predicted octanol–water partition coefficient (Wildman–Crippen LogP) is 5.55. The minimum atomic E-state index is -0.382. The van der Waals surface area contributed by atoms with Crippen LogP contribution in [0.25, 0.3) is 10.8 Å². The summed E-state index contributed by atoms with van der Waals surface area (Å²) in [6.07, 6.45) is 0. The Morgan fingerprint density at radius 3 is 1.33 bits per heavy atom. The third-order valence-electron chi connectivity index (χ3n) is 4.74. The highest BCUT2D eigenvalue weighted by atomic mass is 16.5. The van der Waals surface area contributed by atoms with Gasteiger partial charge in [0, 0.05) is 0 Å². The van der Waals surface area contributed by atoms with E-state index in [0.29, 0.717) is 11.1 Å². The maximum atomic E-state index is 12.4. The van der Waals surface area contributed by atoms with E-state index in [-0.39, 0.29) is 25.2 Å². The Kier molecular flexibility index (Phi) is 5.85. The highest BCUT2D eigenvalue weighted by Gasteiger charge is 2.11. The van der Waals surface area contributed by atoms with Gasteiger partial charge in [-0.2, -0.15) is 0 Å². The summed E-state index contributed by atoms with van der Waals surface area (Å²) in [5.41, 5.74) is 2.81. The third-order valence-corrected chi connectivity index (χ3v) is 4.74. The summed E-state index contributed by atoms with van der Waals surface area (Å²) in [5, 5.41) is 1.70. The van der Waals surface area contributed by atoms with Crippen LogP contribution in [0.3, 0.4) is 0 Å². The van der Waals surface area contributed by atoms with Crippen molar-refractivity contribution in [1.29, 1.82) is 0 Å². The van der Waals surface area contributed by atoms with E-state index >= 15 is 0 Å². The van der Waals surface area contributed by atoms with Gasteiger partial charge in [0.15, 0.2) is 0 Å². The van der Waals surface area contributed by atoms with Crippen molar-refractivity contribution in [2.75, 3.05) is 0 Å². The van der Waals surface area contributed by atoms with Crippen molar-refractivity contribution >= 4 is 22.7 Å². The molecule has 4 nitrogen and oxygen atoms in total. The smallest absolute Gasteiger partial charge is 0.338 e. The molecule has 4 aromatic carbocycles. The lowest BCUT2D eigenvalue weighted by Gasteiger charge is -2.08. The molecule has 4 aromatic rings. The van der Waals surface area contributed by atoms with Crippen LogP contribution in [0.15, 0.2) is 97.1 Å². The standard InChI is InChI=1S/C26H20O4/c27-25(29-17-19-7-3-1-4-8-19)23-13-11-22-16-24(14-12-21(22)15-23)26(28)30-18-20-9-5-2-6-10-20/h1-16H,17-18H2. The largest absolute Gasteiger partial charge is 0.457 e. The minimum absolute atomic E-state index is 0.226. The summed E-state index contributed by atoms with van der Waals surface area (Å²) < 4.78 is 10.8. The molecule has 0 saturated carbocycles. The van der Waals surface area contributed by atoms with Gasteiger partial charge < -0.3 is 9.47 Å². The van der Waals surface area contributed by atoms with E-state index in [0.717, 1.165) is 21.9 Å². The predicted molar refractivity (Wildman–Crippen MR) is 115 cm³/mol. The molecule has 0 heterocycles. The minimum Gasteiger partial charge on any atom is -0.457 e. The first-order valence-corrected chi connectivity index (χ1v) is 9.65. The van der Waals surface area contributed by atoms with Gasteiger partial charge in [-0.25, -0.2) is 9.59 Å². The Balaban J connectivity index is 1.42. The molecule has 0 aliphatic heterocycles. The van der Waals surface area contributed by atoms with Crippen LogP contribution in [0.5, 0.6) is 0 Å². The molecule has 4 heteroatoms. The van der Waals surface area contributed by atoms with E-state index in [1.54, 1.807) is 24.3 Å². The molecule has 0 aliphatic carbocycles. The lowest BCUT2D eigenvalue weighted by atomic mass is 10.0. The second-order valence-corrected chi connectivity index (χ2v) is 6.90. The summed E-state index contributed by atoms with van der Waals surface area (Å²) >= 11 is 0. The first-order valence-electron chi connectivity index (χ1n) is 9.65. The topological polar surface area (TPSA) is 52.6 Å². The van der Waals surface area contributed by atoms with Crippen molar-refractivity contribution < 1.29 is 19.1 Å². The van der Waals surface area contributed by atoms with Crippen LogP contribution < -0.4 is 0 Å². The van der Waals surface area contributed by atoms with Gasteiger partial charge in [0.05, 0.1) is 11.1 Å². The molecule has 30 heavy (non-hydrogen) atoms. The number of esters is 2. The molecule has 0 unspecified atom stereocenters. The number of ether oxygens (including phenoxy) is 2. The summed E-state index contributed by atoms with van der Waals surface area (Å²) in [6, 6.07) is 29.6. The van der Waals surface area contributed by atoms with Crippen molar-refractivity contribution in [1.82, 2.24) is 0 Å². The van der Waals surface area contributed by atoms with Crippen molar-refractivity contribution in [3.8, 4) is 0 Å². The number of carbonyl (C=O) groups is 2. The SMILES string of the molecule is O=C(OCc1ccccc1)c1ccc2cc(C(=O)OCc3ccccc3)ccc2c1. The second-order valence-electron chi connectivity index (χ2n) is 6.90. The van der Waals surface area contributed by atoms with E-state index < -0.39 is 0 Å². The molecule has 0 atom stereocenters. The molecule has 0 N–H and O–H groups in total. The van der Waals surface area contributed by atoms with Crippen LogP contribution in [0.4, 0.5) is 0 Å². The number of rotatable bonds is 6. The zero-order chi connectivity index (χ0) is 20.8. The highest BCUT2D eigenvalue weighted by Crippen LogP contribution is 2.20. The lowest BCUT2D eigenvalue weighted by Crippen LogP contribution is -2.06. The third kappa shape index (κ3) is 4.73. The van der Waals surface area contributed by atoms with E-state index in [1.807, 2.05) is 72.8 Å². The maximum absolute atomic E-state index is 12.4. The van der Waals surface area contributed by atoms with Crippen LogP contribution in [-0.4, -0.2) is 11.9 Å². The molecule has 148 valence electrons. The normalized spacial score (nSPS) is 10.5. The van der Waals surface area contributed by atoms with Gasteiger partial charge in [0.1, 0.15) is 13.2 Å². The Labute approximate surface area is 174 Å². The van der Waals surface area contributed by atoms with E-state index in [9.17, 15) is 9.59 Å². The lowest BCUT2D eigenvalue weighted by molar-refractivity contribution is 0.0464. The van der Waals surface area contributed by atoms with Gasteiger partial charge in [0.2, 0.25) is 0 Å². The molecule has 0 saturated heterocycles. The summed E-state index contributed by atoms with van der Waals surface area (Å²) in [7, 11) is 0. The van der Waals surface area contributed by atoms with Gasteiger partial charge in [-0.15, -0.1) is 0 Å². The number of fused-ring (bicyclic) bond motifs is 1. The highest BCUT2D eigenvalue weighted by molar-refractivity contribution is 5.99. The number of benzene rings is 4.